The Morgan fingerprint density at radius 1 is 0.774 bits per heavy atom. The van der Waals surface area contributed by atoms with Gasteiger partial charge in [0.25, 0.3) is 0 Å². The highest BCUT2D eigenvalue weighted by Gasteiger charge is 2.46. The third-order valence-corrected chi connectivity index (χ3v) is 7.25. The van der Waals surface area contributed by atoms with E-state index in [2.05, 4.69) is 17.0 Å². The van der Waals surface area contributed by atoms with Gasteiger partial charge in [0.15, 0.2) is 0 Å². The van der Waals surface area contributed by atoms with Crippen LogP contribution in [0.3, 0.4) is 0 Å². The Balaban J connectivity index is 1.45. The topological polar surface area (TPSA) is 12.5 Å². The van der Waals surface area contributed by atoms with Gasteiger partial charge in [0.05, 0.1) is 6.04 Å². The molecule has 2 nitrogen and oxygen atoms in total. The molecule has 5 rings (SSSR count). The predicted molar refractivity (Wildman–Crippen MR) is 123 cm³/mol. The standard InChI is InChI=1S/C26H24Cl2FNO/c27-24-7-3-1-5-22(24)26(23-6-2-4-8-25(23)28)30-18-11-12-19(30)16-21(15-18)31-20-13-9-17(29)10-14-20/h1-10,13-14,18-19,21,26H,11-12,15-16H2. The highest BCUT2D eigenvalue weighted by molar-refractivity contribution is 6.32. The van der Waals surface area contributed by atoms with Crippen molar-refractivity contribution in [1.82, 2.24) is 4.90 Å². The molecule has 2 heterocycles. The SMILES string of the molecule is Fc1ccc(OC2CC3CCC(C2)N3C(c2ccccc2Cl)c2ccccc2Cl)cc1. The molecule has 2 bridgehead atoms. The lowest BCUT2D eigenvalue weighted by Gasteiger charge is -2.44. The molecule has 3 aromatic carbocycles. The molecule has 2 atom stereocenters. The van der Waals surface area contributed by atoms with Crippen molar-refractivity contribution >= 4 is 23.2 Å². The first-order valence-electron chi connectivity index (χ1n) is 10.8. The summed E-state index contributed by atoms with van der Waals surface area (Å²) in [6.45, 7) is 0. The van der Waals surface area contributed by atoms with Gasteiger partial charge in [-0.1, -0.05) is 59.6 Å². The van der Waals surface area contributed by atoms with Crippen LogP contribution in [-0.4, -0.2) is 23.1 Å². The van der Waals surface area contributed by atoms with Gasteiger partial charge < -0.3 is 4.74 Å². The van der Waals surface area contributed by atoms with Crippen LogP contribution < -0.4 is 4.74 Å². The largest absolute Gasteiger partial charge is 0.490 e. The van der Waals surface area contributed by atoms with Gasteiger partial charge in [0, 0.05) is 22.1 Å². The molecular weight excluding hydrogens is 432 g/mol. The van der Waals surface area contributed by atoms with Gasteiger partial charge in [-0.25, -0.2) is 4.39 Å². The van der Waals surface area contributed by atoms with Crippen LogP contribution in [0.5, 0.6) is 5.75 Å². The van der Waals surface area contributed by atoms with Crippen molar-refractivity contribution in [3.05, 3.63) is 99.8 Å². The average molecular weight is 456 g/mol. The first-order valence-corrected chi connectivity index (χ1v) is 11.5. The van der Waals surface area contributed by atoms with Crippen LogP contribution >= 0.6 is 23.2 Å². The van der Waals surface area contributed by atoms with Gasteiger partial charge in [-0.3, -0.25) is 4.90 Å². The fourth-order valence-electron chi connectivity index (χ4n) is 5.27. The van der Waals surface area contributed by atoms with E-state index in [0.717, 1.165) is 52.6 Å². The number of fused-ring (bicyclic) bond motifs is 2. The number of ether oxygens (including phenoxy) is 1. The zero-order chi connectivity index (χ0) is 21.4. The van der Waals surface area contributed by atoms with E-state index in [1.165, 1.54) is 12.1 Å². The molecule has 5 heteroatoms. The summed E-state index contributed by atoms with van der Waals surface area (Å²) in [5.74, 6) is 0.484. The molecule has 2 unspecified atom stereocenters. The van der Waals surface area contributed by atoms with E-state index < -0.39 is 0 Å². The molecule has 2 fully saturated rings. The molecule has 0 amide bonds. The van der Waals surface area contributed by atoms with Crippen LogP contribution in [0, 0.1) is 5.82 Å². The Labute approximate surface area is 192 Å². The van der Waals surface area contributed by atoms with Crippen LogP contribution in [0.25, 0.3) is 0 Å². The number of benzene rings is 3. The van der Waals surface area contributed by atoms with E-state index in [4.69, 9.17) is 27.9 Å². The zero-order valence-electron chi connectivity index (χ0n) is 17.1. The van der Waals surface area contributed by atoms with Gasteiger partial charge in [-0.05, 0) is 73.2 Å². The lowest BCUT2D eigenvalue weighted by atomic mass is 9.90. The van der Waals surface area contributed by atoms with Crippen molar-refractivity contribution in [1.29, 1.82) is 0 Å². The molecule has 160 valence electrons. The zero-order valence-corrected chi connectivity index (χ0v) is 18.6. The van der Waals surface area contributed by atoms with Crippen molar-refractivity contribution in [2.24, 2.45) is 0 Å². The lowest BCUT2D eigenvalue weighted by Crippen LogP contribution is -2.48. The summed E-state index contributed by atoms with van der Waals surface area (Å²) in [7, 11) is 0. The Morgan fingerprint density at radius 2 is 1.29 bits per heavy atom. The summed E-state index contributed by atoms with van der Waals surface area (Å²) in [5, 5.41) is 1.52. The Bertz CT molecular complexity index is 998. The van der Waals surface area contributed by atoms with Crippen LogP contribution in [0.1, 0.15) is 42.9 Å². The minimum Gasteiger partial charge on any atom is -0.490 e. The maximum absolute atomic E-state index is 13.2. The molecule has 0 aliphatic carbocycles. The molecule has 31 heavy (non-hydrogen) atoms. The molecule has 0 N–H and O–H groups in total. The Kier molecular flexibility index (Phi) is 5.92. The van der Waals surface area contributed by atoms with Crippen molar-refractivity contribution < 1.29 is 9.13 Å². The molecule has 0 saturated carbocycles. The summed E-state index contributed by atoms with van der Waals surface area (Å²) < 4.78 is 19.5. The van der Waals surface area contributed by atoms with Gasteiger partial charge in [-0.2, -0.15) is 0 Å². The first-order chi connectivity index (χ1) is 15.1. The minimum atomic E-state index is -0.246. The molecule has 0 aromatic heterocycles. The Morgan fingerprint density at radius 3 is 1.81 bits per heavy atom. The molecular formula is C26H24Cl2FNO. The maximum Gasteiger partial charge on any atom is 0.123 e. The maximum atomic E-state index is 13.2. The average Bonchev–Trinajstić information content (AvgIpc) is 3.02. The fraction of sp³-hybridized carbons (Fsp3) is 0.308. The minimum absolute atomic E-state index is 0.00618. The van der Waals surface area contributed by atoms with E-state index in [1.54, 1.807) is 12.1 Å². The van der Waals surface area contributed by atoms with E-state index in [-0.39, 0.29) is 18.0 Å². The van der Waals surface area contributed by atoms with E-state index >= 15 is 0 Å². The number of piperidine rings is 1. The third-order valence-electron chi connectivity index (χ3n) is 6.56. The van der Waals surface area contributed by atoms with Crippen LogP contribution in [-0.2, 0) is 0 Å². The molecule has 0 spiro atoms. The van der Waals surface area contributed by atoms with Gasteiger partial charge in [0.1, 0.15) is 17.7 Å². The summed E-state index contributed by atoms with van der Waals surface area (Å²) in [6.07, 6.45) is 4.23. The smallest absolute Gasteiger partial charge is 0.123 e. The molecule has 3 aromatic rings. The van der Waals surface area contributed by atoms with Gasteiger partial charge >= 0.3 is 0 Å². The lowest BCUT2D eigenvalue weighted by molar-refractivity contribution is 0.0309. The summed E-state index contributed by atoms with van der Waals surface area (Å²) in [6, 6.07) is 23.2. The second-order valence-electron chi connectivity index (χ2n) is 8.44. The molecule has 0 radical (unpaired) electrons. The van der Waals surface area contributed by atoms with Gasteiger partial charge in [0.2, 0.25) is 0 Å². The highest BCUT2D eigenvalue weighted by Crippen LogP contribution is 2.47. The number of hydrogen-bond acceptors (Lipinski definition) is 2. The monoisotopic (exact) mass is 455 g/mol. The molecule has 2 saturated heterocycles. The van der Waals surface area contributed by atoms with Crippen molar-refractivity contribution in [3.8, 4) is 5.75 Å². The number of halogens is 3. The van der Waals surface area contributed by atoms with Crippen molar-refractivity contribution in [3.63, 3.8) is 0 Å². The number of nitrogens with zero attached hydrogens (tertiary/aromatic N) is 1. The van der Waals surface area contributed by atoms with Crippen molar-refractivity contribution in [2.75, 3.05) is 0 Å². The van der Waals surface area contributed by atoms with Crippen molar-refractivity contribution in [2.45, 2.75) is 49.9 Å². The Hall–Kier alpha value is -2.07. The highest BCUT2D eigenvalue weighted by atomic mass is 35.5. The second-order valence-corrected chi connectivity index (χ2v) is 9.26. The number of rotatable bonds is 5. The van der Waals surface area contributed by atoms with Crippen LogP contribution in [0.15, 0.2) is 72.8 Å². The normalized spacial score (nSPS) is 23.3. The fourth-order valence-corrected chi connectivity index (χ4v) is 5.75. The predicted octanol–water partition coefficient (Wildman–Crippen LogP) is 7.30. The van der Waals surface area contributed by atoms with E-state index in [9.17, 15) is 4.39 Å². The molecule has 2 aliphatic rings. The summed E-state index contributed by atoms with van der Waals surface area (Å²) in [5.41, 5.74) is 2.18. The quantitative estimate of drug-likeness (QED) is 0.400. The summed E-state index contributed by atoms with van der Waals surface area (Å²) in [4.78, 5) is 2.60. The van der Waals surface area contributed by atoms with E-state index in [1.807, 2.05) is 36.4 Å². The van der Waals surface area contributed by atoms with Gasteiger partial charge in [-0.15, -0.1) is 0 Å². The van der Waals surface area contributed by atoms with E-state index in [0.29, 0.717) is 12.1 Å². The first kappa shape index (κ1) is 20.8. The van der Waals surface area contributed by atoms with Crippen LogP contribution in [0.4, 0.5) is 4.39 Å². The van der Waals surface area contributed by atoms with Crippen LogP contribution in [0.2, 0.25) is 10.0 Å². The third kappa shape index (κ3) is 4.19. The summed E-state index contributed by atoms with van der Waals surface area (Å²) >= 11 is 13.4. The number of hydrogen-bond donors (Lipinski definition) is 0. The molecule has 2 aliphatic heterocycles. The second kappa shape index (κ2) is 8.82.